The molecule has 0 aliphatic rings. The van der Waals surface area contributed by atoms with Crippen LogP contribution in [-0.2, 0) is 13.5 Å². The largest absolute Gasteiger partial charge is 0.236 e. The van der Waals surface area contributed by atoms with Crippen LogP contribution in [0.25, 0.3) is 0 Å². The van der Waals surface area contributed by atoms with Gasteiger partial charge in [-0.3, -0.25) is 0 Å². The first kappa shape index (κ1) is 7.73. The zero-order valence-electron chi connectivity index (χ0n) is 6.63. The Morgan fingerprint density at radius 1 is 1.60 bits per heavy atom. The molecule has 0 N–H and O–H groups in total. The molecular formula is C8H14NS+. The minimum Gasteiger partial charge on any atom is -0.196 e. The fraction of sp³-hybridized carbons (Fsp3) is 0.625. The molecule has 0 radical (unpaired) electrons. The van der Waals surface area contributed by atoms with Crippen molar-refractivity contribution >= 4 is 11.3 Å². The van der Waals surface area contributed by atoms with Gasteiger partial charge in [0.25, 0.3) is 0 Å². The molecule has 1 nitrogen and oxygen atoms in total. The van der Waals surface area contributed by atoms with Gasteiger partial charge in [-0.15, -0.1) is 0 Å². The summed E-state index contributed by atoms with van der Waals surface area (Å²) in [5.41, 5.74) is 0. The van der Waals surface area contributed by atoms with Crippen molar-refractivity contribution in [2.24, 2.45) is 7.05 Å². The van der Waals surface area contributed by atoms with E-state index in [2.05, 4.69) is 30.1 Å². The molecule has 2 heteroatoms. The molecule has 0 spiro atoms. The van der Waals surface area contributed by atoms with Crippen LogP contribution in [0.4, 0.5) is 0 Å². The van der Waals surface area contributed by atoms with Crippen molar-refractivity contribution in [2.45, 2.75) is 26.2 Å². The smallest absolute Gasteiger partial charge is 0.196 e. The van der Waals surface area contributed by atoms with E-state index in [0.29, 0.717) is 0 Å². The number of unbranched alkanes of at least 4 members (excludes halogenated alkanes) is 1. The van der Waals surface area contributed by atoms with Gasteiger partial charge in [0.1, 0.15) is 7.05 Å². The van der Waals surface area contributed by atoms with E-state index in [0.717, 1.165) is 0 Å². The van der Waals surface area contributed by atoms with Gasteiger partial charge in [0, 0.05) is 6.42 Å². The predicted octanol–water partition coefficient (Wildman–Crippen LogP) is 1.92. The Bertz CT molecular complexity index is 193. The fourth-order valence-corrected chi connectivity index (χ4v) is 1.82. The van der Waals surface area contributed by atoms with Gasteiger partial charge >= 0.3 is 0 Å². The highest BCUT2D eigenvalue weighted by Gasteiger charge is 2.04. The SMILES string of the molecule is CCCCc1scc[n+]1C. The molecule has 0 unspecified atom stereocenters. The molecular weight excluding hydrogens is 142 g/mol. The second-order valence-corrected chi connectivity index (χ2v) is 3.49. The van der Waals surface area contributed by atoms with Crippen LogP contribution in [0.1, 0.15) is 24.8 Å². The Morgan fingerprint density at radius 3 is 2.90 bits per heavy atom. The van der Waals surface area contributed by atoms with Gasteiger partial charge in [-0.05, 0) is 6.42 Å². The topological polar surface area (TPSA) is 3.88 Å². The molecule has 1 aromatic heterocycles. The summed E-state index contributed by atoms with van der Waals surface area (Å²) >= 11 is 1.85. The molecule has 10 heavy (non-hydrogen) atoms. The van der Waals surface area contributed by atoms with Gasteiger partial charge < -0.3 is 0 Å². The Hall–Kier alpha value is -0.370. The third kappa shape index (κ3) is 1.81. The van der Waals surface area contributed by atoms with Crippen LogP contribution in [0.5, 0.6) is 0 Å². The third-order valence-electron chi connectivity index (χ3n) is 1.63. The highest BCUT2D eigenvalue weighted by atomic mass is 32.1. The lowest BCUT2D eigenvalue weighted by atomic mass is 10.3. The predicted molar refractivity (Wildman–Crippen MR) is 44.1 cm³/mol. The monoisotopic (exact) mass is 156 g/mol. The summed E-state index contributed by atoms with van der Waals surface area (Å²) in [4.78, 5) is 0. The van der Waals surface area contributed by atoms with Gasteiger partial charge in [-0.1, -0.05) is 24.7 Å². The number of rotatable bonds is 3. The first-order valence-electron chi connectivity index (χ1n) is 3.76. The molecule has 56 valence electrons. The highest BCUT2D eigenvalue weighted by Crippen LogP contribution is 2.05. The van der Waals surface area contributed by atoms with Crippen LogP contribution >= 0.6 is 11.3 Å². The Labute approximate surface area is 66.3 Å². The molecule has 0 aliphatic carbocycles. The standard InChI is InChI=1S/C8H14NS/c1-3-4-5-8-9(2)6-7-10-8/h6-7H,3-5H2,1-2H3/q+1. The van der Waals surface area contributed by atoms with Crippen LogP contribution in [0.2, 0.25) is 0 Å². The average Bonchev–Trinajstić information content (AvgIpc) is 2.31. The maximum atomic E-state index is 2.23. The van der Waals surface area contributed by atoms with E-state index in [1.54, 1.807) is 0 Å². The van der Waals surface area contributed by atoms with E-state index in [9.17, 15) is 0 Å². The van der Waals surface area contributed by atoms with Crippen molar-refractivity contribution in [3.05, 3.63) is 16.6 Å². The highest BCUT2D eigenvalue weighted by molar-refractivity contribution is 7.09. The first-order chi connectivity index (χ1) is 4.84. The summed E-state index contributed by atoms with van der Waals surface area (Å²) in [6, 6.07) is 0. The molecule has 1 heterocycles. The molecule has 0 bridgehead atoms. The number of thiazole rings is 1. The maximum absolute atomic E-state index is 2.23. The lowest BCUT2D eigenvalue weighted by Crippen LogP contribution is -2.28. The van der Waals surface area contributed by atoms with Crippen LogP contribution < -0.4 is 4.57 Å². The van der Waals surface area contributed by atoms with Crippen LogP contribution in [0.15, 0.2) is 11.6 Å². The van der Waals surface area contributed by atoms with Crippen molar-refractivity contribution in [3.8, 4) is 0 Å². The lowest BCUT2D eigenvalue weighted by molar-refractivity contribution is -0.673. The molecule has 0 fully saturated rings. The van der Waals surface area contributed by atoms with Crippen LogP contribution in [0.3, 0.4) is 0 Å². The number of aromatic nitrogens is 1. The quantitative estimate of drug-likeness (QED) is 0.589. The van der Waals surface area contributed by atoms with Crippen molar-refractivity contribution in [3.63, 3.8) is 0 Å². The average molecular weight is 156 g/mol. The Kier molecular flexibility index (Phi) is 2.87. The zero-order valence-corrected chi connectivity index (χ0v) is 7.45. The normalized spacial score (nSPS) is 10.2. The Balaban J connectivity index is 2.49. The van der Waals surface area contributed by atoms with Crippen molar-refractivity contribution in [2.75, 3.05) is 0 Å². The molecule has 1 rings (SSSR count). The molecule has 0 saturated carbocycles. The third-order valence-corrected chi connectivity index (χ3v) is 2.65. The fourth-order valence-electron chi connectivity index (χ4n) is 0.930. The molecule has 0 saturated heterocycles. The van der Waals surface area contributed by atoms with E-state index in [4.69, 9.17) is 0 Å². The van der Waals surface area contributed by atoms with Gasteiger partial charge in [-0.25, -0.2) is 0 Å². The Morgan fingerprint density at radius 2 is 2.40 bits per heavy atom. The van der Waals surface area contributed by atoms with E-state index < -0.39 is 0 Å². The number of hydrogen-bond donors (Lipinski definition) is 0. The number of aryl methyl sites for hydroxylation is 2. The summed E-state index contributed by atoms with van der Waals surface area (Å²) in [6.45, 7) is 2.23. The van der Waals surface area contributed by atoms with E-state index in [-0.39, 0.29) is 0 Å². The minimum absolute atomic E-state index is 1.24. The van der Waals surface area contributed by atoms with Gasteiger partial charge in [0.15, 0.2) is 6.20 Å². The van der Waals surface area contributed by atoms with E-state index in [1.807, 2.05) is 11.3 Å². The molecule has 1 aromatic rings. The van der Waals surface area contributed by atoms with Gasteiger partial charge in [0.2, 0.25) is 5.01 Å². The van der Waals surface area contributed by atoms with Crippen molar-refractivity contribution < 1.29 is 4.57 Å². The van der Waals surface area contributed by atoms with E-state index >= 15 is 0 Å². The van der Waals surface area contributed by atoms with Crippen molar-refractivity contribution in [1.29, 1.82) is 0 Å². The molecule has 0 aliphatic heterocycles. The summed E-state index contributed by atoms with van der Waals surface area (Å²) < 4.78 is 2.21. The number of hydrogen-bond acceptors (Lipinski definition) is 1. The summed E-state index contributed by atoms with van der Waals surface area (Å²) in [5.74, 6) is 0. The van der Waals surface area contributed by atoms with Crippen molar-refractivity contribution in [1.82, 2.24) is 0 Å². The number of nitrogens with zero attached hydrogens (tertiary/aromatic N) is 1. The maximum Gasteiger partial charge on any atom is 0.236 e. The first-order valence-corrected chi connectivity index (χ1v) is 4.64. The second-order valence-electron chi connectivity index (χ2n) is 2.51. The summed E-state index contributed by atoms with van der Waals surface area (Å²) in [5, 5.41) is 3.63. The minimum atomic E-state index is 1.24. The molecule has 0 amide bonds. The molecule has 0 aromatic carbocycles. The van der Waals surface area contributed by atoms with E-state index in [1.165, 1.54) is 24.3 Å². The summed E-state index contributed by atoms with van der Waals surface area (Å²) in [6.07, 6.45) is 5.96. The zero-order chi connectivity index (χ0) is 7.40. The molecule has 0 atom stereocenters. The van der Waals surface area contributed by atoms with Gasteiger partial charge in [-0.2, -0.15) is 4.57 Å². The summed E-state index contributed by atoms with van der Waals surface area (Å²) in [7, 11) is 2.11. The van der Waals surface area contributed by atoms with Crippen LogP contribution in [0, 0.1) is 0 Å². The second kappa shape index (κ2) is 3.71. The van der Waals surface area contributed by atoms with Gasteiger partial charge in [0.05, 0.1) is 5.38 Å². The lowest BCUT2D eigenvalue weighted by Gasteiger charge is -1.89. The van der Waals surface area contributed by atoms with Crippen LogP contribution in [-0.4, -0.2) is 0 Å².